The molecule has 0 radical (unpaired) electrons. The number of hydrogen-bond acceptors (Lipinski definition) is 3. The molecule has 1 heterocycles. The van der Waals surface area contributed by atoms with E-state index in [1.165, 1.54) is 0 Å². The predicted octanol–water partition coefficient (Wildman–Crippen LogP) is 2.38. The Balaban J connectivity index is 2.39. The molecule has 2 N–H and O–H groups in total. The van der Waals surface area contributed by atoms with Crippen molar-refractivity contribution in [1.82, 2.24) is 10.6 Å². The first kappa shape index (κ1) is 15.2. The minimum Gasteiger partial charge on any atom is -0.444 e. The minimum absolute atomic E-state index is 0.0279. The molecule has 106 valence electrons. The number of alkyl carbamates (subject to hydrolysis) is 1. The molecule has 1 rings (SSSR count). The molecule has 1 aliphatic rings. The van der Waals surface area contributed by atoms with Gasteiger partial charge in [-0.2, -0.15) is 0 Å². The molecule has 1 saturated heterocycles. The number of rotatable bonds is 3. The van der Waals surface area contributed by atoms with Gasteiger partial charge in [-0.1, -0.05) is 6.92 Å². The summed E-state index contributed by atoms with van der Waals surface area (Å²) in [6.07, 6.45) is 1.22. The lowest BCUT2D eigenvalue weighted by Gasteiger charge is -2.35. The number of ether oxygens (including phenoxy) is 1. The van der Waals surface area contributed by atoms with Gasteiger partial charge in [0.05, 0.1) is 6.54 Å². The normalized spacial score (nSPS) is 28.8. The summed E-state index contributed by atoms with van der Waals surface area (Å²) >= 11 is 0. The topological polar surface area (TPSA) is 50.4 Å². The molecule has 1 aliphatic heterocycles. The first-order valence-electron chi connectivity index (χ1n) is 6.63. The van der Waals surface area contributed by atoms with Crippen molar-refractivity contribution in [2.24, 2.45) is 0 Å². The van der Waals surface area contributed by atoms with E-state index in [0.717, 1.165) is 6.42 Å². The van der Waals surface area contributed by atoms with Gasteiger partial charge in [0, 0.05) is 6.04 Å². The summed E-state index contributed by atoms with van der Waals surface area (Å²) in [4.78, 5) is 11.5. The first-order valence-corrected chi connectivity index (χ1v) is 6.63. The van der Waals surface area contributed by atoms with Crippen LogP contribution < -0.4 is 10.6 Å². The van der Waals surface area contributed by atoms with E-state index in [0.29, 0.717) is 19.4 Å². The maximum Gasteiger partial charge on any atom is 0.407 e. The van der Waals surface area contributed by atoms with Crippen molar-refractivity contribution in [3.63, 3.8) is 0 Å². The van der Waals surface area contributed by atoms with Crippen LogP contribution in [-0.4, -0.2) is 36.5 Å². The maximum absolute atomic E-state index is 14.5. The van der Waals surface area contributed by atoms with Crippen LogP contribution in [-0.2, 0) is 4.74 Å². The molecule has 0 aromatic heterocycles. The zero-order chi connectivity index (χ0) is 13.8. The number of amides is 1. The fourth-order valence-electron chi connectivity index (χ4n) is 2.11. The van der Waals surface area contributed by atoms with Crippen LogP contribution in [0.5, 0.6) is 0 Å². The zero-order valence-electron chi connectivity index (χ0n) is 11.8. The van der Waals surface area contributed by atoms with E-state index >= 15 is 0 Å². The van der Waals surface area contributed by atoms with Crippen LogP contribution in [0.4, 0.5) is 9.18 Å². The van der Waals surface area contributed by atoms with E-state index in [2.05, 4.69) is 10.6 Å². The summed E-state index contributed by atoms with van der Waals surface area (Å²) in [6, 6.07) is 0.198. The number of alkyl halides is 1. The third-order valence-corrected chi connectivity index (χ3v) is 3.06. The second-order valence-electron chi connectivity index (χ2n) is 6.02. The second-order valence-corrected chi connectivity index (χ2v) is 6.02. The van der Waals surface area contributed by atoms with Gasteiger partial charge < -0.3 is 15.4 Å². The molecular formula is C13H25FN2O2. The molecule has 2 unspecified atom stereocenters. The van der Waals surface area contributed by atoms with Crippen LogP contribution >= 0.6 is 0 Å². The van der Waals surface area contributed by atoms with Gasteiger partial charge in [0.15, 0.2) is 0 Å². The van der Waals surface area contributed by atoms with Crippen LogP contribution in [0.3, 0.4) is 0 Å². The summed E-state index contributed by atoms with van der Waals surface area (Å²) < 4.78 is 19.6. The van der Waals surface area contributed by atoms with Crippen LogP contribution in [0.2, 0.25) is 0 Å². The van der Waals surface area contributed by atoms with E-state index in [4.69, 9.17) is 4.74 Å². The van der Waals surface area contributed by atoms with Crippen molar-refractivity contribution in [3.05, 3.63) is 0 Å². The number of carbonyl (C=O) groups is 1. The number of hydrogen-bond donors (Lipinski definition) is 2. The lowest BCUT2D eigenvalue weighted by Crippen LogP contribution is -2.51. The van der Waals surface area contributed by atoms with Crippen LogP contribution in [0, 0.1) is 0 Å². The summed E-state index contributed by atoms with van der Waals surface area (Å²) in [5.41, 5.74) is -1.86. The molecule has 2 atom stereocenters. The summed E-state index contributed by atoms with van der Waals surface area (Å²) in [5, 5.41) is 5.80. The average molecular weight is 260 g/mol. The van der Waals surface area contributed by atoms with E-state index < -0.39 is 17.4 Å². The standard InChI is InChI=1S/C13H25FN2O2/c1-5-10-8-13(14,6-7-15-10)9-16-11(17)18-12(2,3)4/h10,15H,5-9H2,1-4H3,(H,16,17). The SMILES string of the molecule is CCC1CC(F)(CNC(=O)OC(C)(C)C)CCN1. The molecule has 0 aliphatic carbocycles. The van der Waals surface area contributed by atoms with Gasteiger partial charge in [0.1, 0.15) is 11.3 Å². The van der Waals surface area contributed by atoms with Gasteiger partial charge in [-0.3, -0.25) is 0 Å². The quantitative estimate of drug-likeness (QED) is 0.819. The van der Waals surface area contributed by atoms with Crippen LogP contribution in [0.15, 0.2) is 0 Å². The van der Waals surface area contributed by atoms with Crippen LogP contribution in [0.1, 0.15) is 47.0 Å². The molecule has 18 heavy (non-hydrogen) atoms. The fraction of sp³-hybridized carbons (Fsp3) is 0.923. The van der Waals surface area contributed by atoms with Gasteiger partial charge in [-0.25, -0.2) is 9.18 Å². The molecule has 0 aromatic carbocycles. The molecule has 0 spiro atoms. The molecule has 4 nitrogen and oxygen atoms in total. The van der Waals surface area contributed by atoms with Crippen LogP contribution in [0.25, 0.3) is 0 Å². The Hall–Kier alpha value is -0.840. The smallest absolute Gasteiger partial charge is 0.407 e. The third-order valence-electron chi connectivity index (χ3n) is 3.06. The Bertz CT molecular complexity index is 291. The van der Waals surface area contributed by atoms with E-state index in [9.17, 15) is 9.18 Å². The highest BCUT2D eigenvalue weighted by Crippen LogP contribution is 2.26. The largest absolute Gasteiger partial charge is 0.444 e. The lowest BCUT2D eigenvalue weighted by atomic mass is 9.88. The van der Waals surface area contributed by atoms with Gasteiger partial charge in [0.25, 0.3) is 0 Å². The maximum atomic E-state index is 14.5. The Morgan fingerprint density at radius 2 is 2.22 bits per heavy atom. The van der Waals surface area contributed by atoms with Gasteiger partial charge in [0.2, 0.25) is 0 Å². The van der Waals surface area contributed by atoms with Gasteiger partial charge in [-0.15, -0.1) is 0 Å². The monoisotopic (exact) mass is 260 g/mol. The Kier molecular flexibility index (Phi) is 4.96. The fourth-order valence-corrected chi connectivity index (χ4v) is 2.11. The molecule has 5 heteroatoms. The number of halogens is 1. The Morgan fingerprint density at radius 1 is 1.56 bits per heavy atom. The molecular weight excluding hydrogens is 235 g/mol. The summed E-state index contributed by atoms with van der Waals surface area (Å²) in [5.74, 6) is 0. The molecule has 0 aromatic rings. The lowest BCUT2D eigenvalue weighted by molar-refractivity contribution is 0.0417. The number of piperidine rings is 1. The zero-order valence-corrected chi connectivity index (χ0v) is 11.8. The third kappa shape index (κ3) is 5.21. The van der Waals surface area contributed by atoms with Crippen molar-refractivity contribution < 1.29 is 13.9 Å². The predicted molar refractivity (Wildman–Crippen MR) is 69.4 cm³/mol. The molecule has 0 saturated carbocycles. The van der Waals surface area contributed by atoms with E-state index in [-0.39, 0.29) is 12.6 Å². The van der Waals surface area contributed by atoms with E-state index in [1.54, 1.807) is 20.8 Å². The molecule has 1 fully saturated rings. The van der Waals surface area contributed by atoms with Gasteiger partial charge >= 0.3 is 6.09 Å². The second kappa shape index (κ2) is 5.87. The number of nitrogens with one attached hydrogen (secondary N) is 2. The summed E-state index contributed by atoms with van der Waals surface area (Å²) in [6.45, 7) is 8.08. The van der Waals surface area contributed by atoms with Crippen molar-refractivity contribution in [1.29, 1.82) is 0 Å². The highest BCUT2D eigenvalue weighted by atomic mass is 19.1. The highest BCUT2D eigenvalue weighted by Gasteiger charge is 2.36. The van der Waals surface area contributed by atoms with Crippen molar-refractivity contribution >= 4 is 6.09 Å². The van der Waals surface area contributed by atoms with E-state index in [1.807, 2.05) is 6.92 Å². The van der Waals surface area contributed by atoms with Crippen molar-refractivity contribution in [3.8, 4) is 0 Å². The summed E-state index contributed by atoms with van der Waals surface area (Å²) in [7, 11) is 0. The van der Waals surface area contributed by atoms with Crippen molar-refractivity contribution in [2.75, 3.05) is 13.1 Å². The number of carbonyl (C=O) groups excluding carboxylic acids is 1. The molecule has 1 amide bonds. The van der Waals surface area contributed by atoms with Crippen molar-refractivity contribution in [2.45, 2.75) is 64.3 Å². The Labute approximate surface area is 109 Å². The molecule has 0 bridgehead atoms. The minimum atomic E-state index is -1.32. The highest BCUT2D eigenvalue weighted by molar-refractivity contribution is 5.67. The Morgan fingerprint density at radius 3 is 2.78 bits per heavy atom. The average Bonchev–Trinajstić information content (AvgIpc) is 2.24. The van der Waals surface area contributed by atoms with Gasteiger partial charge in [-0.05, 0) is 46.6 Å². The first-order chi connectivity index (χ1) is 8.24.